The molecule has 206 valence electrons. The molecule has 2 heterocycles. The zero-order valence-electron chi connectivity index (χ0n) is 21.3. The summed E-state index contributed by atoms with van der Waals surface area (Å²) in [6.45, 7) is 4.17. The van der Waals surface area contributed by atoms with Crippen LogP contribution in [0.3, 0.4) is 0 Å². The van der Waals surface area contributed by atoms with Gasteiger partial charge in [0.2, 0.25) is 10.0 Å². The molecule has 0 unspecified atom stereocenters. The maximum Gasteiger partial charge on any atom is 0.306 e. The molecule has 0 spiro atoms. The Morgan fingerprint density at radius 3 is 2.42 bits per heavy atom. The standard InChI is InChI=1S/C27H32Cl2N2O6S/c1-3-22(16-38(35,36)30-13-5-6-17(30)2)31-25(18-9-11-20(28)12-10-18)26(19-7-4-8-21(29)14-19)37-23(27(31)34)15-24(32)33/h4,7-12,14,17,22-23,25-26H,3,5-6,13,15-16H2,1-2H3,(H,32,33)/t17-,22-,23-,25+,26+/m0/s1. The molecule has 0 radical (unpaired) electrons. The number of morpholine rings is 1. The number of nitrogens with zero attached hydrogens (tertiary/aromatic N) is 2. The van der Waals surface area contributed by atoms with Crippen LogP contribution >= 0.6 is 23.2 Å². The number of carbonyl (C=O) groups is 2. The van der Waals surface area contributed by atoms with Crippen molar-refractivity contribution in [3.05, 3.63) is 69.7 Å². The number of carbonyl (C=O) groups excluding carboxylic acids is 1. The minimum absolute atomic E-state index is 0.107. The van der Waals surface area contributed by atoms with Crippen molar-refractivity contribution in [2.45, 2.75) is 69.9 Å². The fourth-order valence-electron chi connectivity index (χ4n) is 5.45. The van der Waals surface area contributed by atoms with Crippen LogP contribution in [0.5, 0.6) is 0 Å². The maximum absolute atomic E-state index is 13.9. The molecule has 2 aliphatic rings. The number of sulfonamides is 1. The minimum Gasteiger partial charge on any atom is -0.481 e. The smallest absolute Gasteiger partial charge is 0.306 e. The summed E-state index contributed by atoms with van der Waals surface area (Å²) in [7, 11) is -3.69. The van der Waals surface area contributed by atoms with E-state index < -0.39 is 52.6 Å². The van der Waals surface area contributed by atoms with Crippen LogP contribution in [0.15, 0.2) is 48.5 Å². The van der Waals surface area contributed by atoms with Gasteiger partial charge < -0.3 is 14.7 Å². The van der Waals surface area contributed by atoms with Gasteiger partial charge >= 0.3 is 5.97 Å². The van der Waals surface area contributed by atoms with Crippen LogP contribution < -0.4 is 0 Å². The van der Waals surface area contributed by atoms with Crippen LogP contribution in [0.2, 0.25) is 10.0 Å². The maximum atomic E-state index is 13.9. The van der Waals surface area contributed by atoms with E-state index in [4.69, 9.17) is 27.9 Å². The molecule has 4 rings (SSSR count). The summed E-state index contributed by atoms with van der Waals surface area (Å²) in [4.78, 5) is 27.1. The van der Waals surface area contributed by atoms with E-state index in [0.29, 0.717) is 34.1 Å². The Kier molecular flexibility index (Phi) is 9.04. The molecule has 0 aromatic heterocycles. The topological polar surface area (TPSA) is 104 Å². The zero-order chi connectivity index (χ0) is 27.6. The Labute approximate surface area is 233 Å². The fraction of sp³-hybridized carbons (Fsp3) is 0.481. The van der Waals surface area contributed by atoms with Crippen molar-refractivity contribution in [2.75, 3.05) is 12.3 Å². The van der Waals surface area contributed by atoms with Gasteiger partial charge in [-0.3, -0.25) is 9.59 Å². The highest BCUT2D eigenvalue weighted by Crippen LogP contribution is 2.45. The molecule has 2 saturated heterocycles. The zero-order valence-corrected chi connectivity index (χ0v) is 23.6. The van der Waals surface area contributed by atoms with Crippen LogP contribution in [-0.4, -0.2) is 65.1 Å². The van der Waals surface area contributed by atoms with E-state index in [1.165, 1.54) is 9.21 Å². The molecule has 11 heteroatoms. The molecule has 2 fully saturated rings. The minimum atomic E-state index is -3.69. The first-order valence-electron chi connectivity index (χ1n) is 12.7. The molecular weight excluding hydrogens is 551 g/mol. The van der Waals surface area contributed by atoms with Gasteiger partial charge in [0.05, 0.1) is 18.2 Å². The Balaban J connectivity index is 1.83. The van der Waals surface area contributed by atoms with Gasteiger partial charge in [-0.15, -0.1) is 0 Å². The Morgan fingerprint density at radius 1 is 1.13 bits per heavy atom. The SMILES string of the molecule is CC[C@@H](CS(=O)(=O)N1CCC[C@@H]1C)N1C(=O)[C@H](CC(=O)O)O[C@H](c2cccc(Cl)c2)[C@H]1c1ccc(Cl)cc1. The van der Waals surface area contributed by atoms with Gasteiger partial charge in [-0.25, -0.2) is 8.42 Å². The average Bonchev–Trinajstić information content (AvgIpc) is 3.31. The van der Waals surface area contributed by atoms with E-state index in [1.807, 2.05) is 13.8 Å². The van der Waals surface area contributed by atoms with Crippen LogP contribution in [0, 0.1) is 0 Å². The molecule has 5 atom stereocenters. The summed E-state index contributed by atoms with van der Waals surface area (Å²) in [6.07, 6.45) is -0.705. The number of carboxylic acids is 1. The lowest BCUT2D eigenvalue weighted by atomic mass is 9.89. The number of carboxylic acid groups (broad SMARTS) is 1. The van der Waals surface area contributed by atoms with E-state index >= 15 is 0 Å². The third-order valence-corrected chi connectivity index (χ3v) is 9.84. The normalized spacial score (nSPS) is 25.5. The molecule has 8 nitrogen and oxygen atoms in total. The van der Waals surface area contributed by atoms with Gasteiger partial charge in [0.25, 0.3) is 5.91 Å². The molecule has 2 aromatic rings. The van der Waals surface area contributed by atoms with Gasteiger partial charge in [-0.1, -0.05) is 54.4 Å². The average molecular weight is 584 g/mol. The number of aliphatic carboxylic acids is 1. The quantitative estimate of drug-likeness (QED) is 0.442. The molecule has 0 saturated carbocycles. The van der Waals surface area contributed by atoms with E-state index in [0.717, 1.165) is 12.8 Å². The van der Waals surface area contributed by atoms with E-state index in [-0.39, 0.29) is 11.8 Å². The van der Waals surface area contributed by atoms with Crippen molar-refractivity contribution >= 4 is 45.1 Å². The highest BCUT2D eigenvalue weighted by molar-refractivity contribution is 7.89. The Hall–Kier alpha value is -2.17. The van der Waals surface area contributed by atoms with Gasteiger partial charge in [-0.05, 0) is 61.6 Å². The van der Waals surface area contributed by atoms with Gasteiger partial charge in [0, 0.05) is 28.7 Å². The van der Waals surface area contributed by atoms with Crippen molar-refractivity contribution in [3.63, 3.8) is 0 Å². The monoisotopic (exact) mass is 582 g/mol. The third-order valence-electron chi connectivity index (χ3n) is 7.29. The first-order chi connectivity index (χ1) is 18.0. The number of amides is 1. The first-order valence-corrected chi connectivity index (χ1v) is 15.1. The number of halogens is 2. The number of ether oxygens (including phenoxy) is 1. The van der Waals surface area contributed by atoms with Crippen molar-refractivity contribution in [1.82, 2.24) is 9.21 Å². The molecule has 2 aliphatic heterocycles. The fourth-order valence-corrected chi connectivity index (χ4v) is 7.91. The summed E-state index contributed by atoms with van der Waals surface area (Å²) in [5, 5.41) is 10.5. The lowest BCUT2D eigenvalue weighted by Gasteiger charge is -2.48. The van der Waals surface area contributed by atoms with E-state index in [9.17, 15) is 23.1 Å². The summed E-state index contributed by atoms with van der Waals surface area (Å²) in [5.74, 6) is -2.02. The second kappa shape index (κ2) is 11.9. The van der Waals surface area contributed by atoms with Crippen molar-refractivity contribution in [1.29, 1.82) is 0 Å². The summed E-state index contributed by atoms with van der Waals surface area (Å²) < 4.78 is 34.8. The van der Waals surface area contributed by atoms with E-state index in [2.05, 4.69) is 0 Å². The predicted octanol–water partition coefficient (Wildman–Crippen LogP) is 5.07. The lowest BCUT2D eigenvalue weighted by molar-refractivity contribution is -0.182. The van der Waals surface area contributed by atoms with Gasteiger partial charge in [0.1, 0.15) is 12.2 Å². The molecule has 2 aromatic carbocycles. The van der Waals surface area contributed by atoms with Crippen molar-refractivity contribution in [2.24, 2.45) is 0 Å². The highest BCUT2D eigenvalue weighted by Gasteiger charge is 2.48. The van der Waals surface area contributed by atoms with Gasteiger partial charge in [-0.2, -0.15) is 4.31 Å². The molecule has 38 heavy (non-hydrogen) atoms. The number of hydrogen-bond donors (Lipinski definition) is 1. The summed E-state index contributed by atoms with van der Waals surface area (Å²) in [6, 6.07) is 12.4. The van der Waals surface area contributed by atoms with Crippen molar-refractivity contribution in [3.8, 4) is 0 Å². The molecule has 0 bridgehead atoms. The molecule has 0 aliphatic carbocycles. The molecule has 1 N–H and O–H groups in total. The van der Waals surface area contributed by atoms with Crippen LogP contribution in [0.25, 0.3) is 0 Å². The largest absolute Gasteiger partial charge is 0.481 e. The van der Waals surface area contributed by atoms with Crippen LogP contribution in [0.1, 0.15) is 62.8 Å². The van der Waals surface area contributed by atoms with Gasteiger partial charge in [0.15, 0.2) is 0 Å². The number of benzene rings is 2. The molecule has 1 amide bonds. The van der Waals surface area contributed by atoms with E-state index in [1.54, 1.807) is 48.5 Å². The Morgan fingerprint density at radius 2 is 1.84 bits per heavy atom. The highest BCUT2D eigenvalue weighted by atomic mass is 35.5. The second-order valence-corrected chi connectivity index (χ2v) is 12.7. The Bertz CT molecular complexity index is 1270. The summed E-state index contributed by atoms with van der Waals surface area (Å²) in [5.41, 5.74) is 1.34. The van der Waals surface area contributed by atoms with Crippen LogP contribution in [-0.2, 0) is 24.3 Å². The van der Waals surface area contributed by atoms with Crippen molar-refractivity contribution < 1.29 is 27.9 Å². The number of rotatable bonds is 9. The number of hydrogen-bond acceptors (Lipinski definition) is 5. The molecular formula is C27H32Cl2N2O6S. The lowest BCUT2D eigenvalue weighted by Crippen LogP contribution is -2.57. The summed E-state index contributed by atoms with van der Waals surface area (Å²) >= 11 is 12.4. The predicted molar refractivity (Wildman–Crippen MR) is 146 cm³/mol. The third kappa shape index (κ3) is 6.18. The first kappa shape index (κ1) is 28.8. The van der Waals surface area contributed by atoms with Crippen LogP contribution in [0.4, 0.5) is 0 Å². The second-order valence-electron chi connectivity index (χ2n) is 9.88.